The van der Waals surface area contributed by atoms with Gasteiger partial charge in [-0.2, -0.15) is 52.7 Å². The normalized spacial score (nSPS) is 16.1. The lowest BCUT2D eigenvalue weighted by molar-refractivity contribution is -0.144. The first-order chi connectivity index (χ1) is 32.9. The van der Waals surface area contributed by atoms with E-state index in [2.05, 4.69) is 86.4 Å². The average Bonchev–Trinajstić information content (AvgIpc) is 4.09. The number of nitrogens with zero attached hydrogens (tertiary/aromatic N) is 12. The van der Waals surface area contributed by atoms with Crippen LogP contribution in [0.1, 0.15) is 60.0 Å². The second kappa shape index (κ2) is 18.8. The quantitative estimate of drug-likeness (QED) is 0.109. The highest BCUT2D eigenvalue weighted by molar-refractivity contribution is 14.1. The molecule has 1 fully saturated rings. The Kier molecular flexibility index (Phi) is 13.6. The van der Waals surface area contributed by atoms with Crippen molar-refractivity contribution < 1.29 is 52.7 Å². The zero-order chi connectivity index (χ0) is 50.2. The van der Waals surface area contributed by atoms with Crippen molar-refractivity contribution in [2.24, 2.45) is 0 Å². The number of hydrogen-bond donors (Lipinski definition) is 0. The lowest BCUT2D eigenvalue weighted by Gasteiger charge is -2.32. The van der Waals surface area contributed by atoms with E-state index >= 15 is 0 Å². The molecule has 8 aromatic rings. The van der Waals surface area contributed by atoms with E-state index in [1.807, 2.05) is 9.36 Å². The number of aromatic nitrogens is 12. The van der Waals surface area contributed by atoms with E-state index < -0.39 is 58.3 Å². The van der Waals surface area contributed by atoms with Gasteiger partial charge in [0, 0.05) is 22.3 Å². The Balaban J connectivity index is 0.986. The summed E-state index contributed by atoms with van der Waals surface area (Å²) in [4.78, 5) is 0. The molecule has 70 heavy (non-hydrogen) atoms. The van der Waals surface area contributed by atoms with Crippen molar-refractivity contribution in [3.05, 3.63) is 122 Å². The third-order valence-electron chi connectivity index (χ3n) is 11.3. The zero-order valence-corrected chi connectivity index (χ0v) is 43.1. The molecule has 1 saturated carbocycles. The summed E-state index contributed by atoms with van der Waals surface area (Å²) in [7, 11) is 0. The highest BCUT2D eigenvalue weighted by atomic mass is 127. The van der Waals surface area contributed by atoms with Crippen LogP contribution in [-0.2, 0) is 24.7 Å². The Morgan fingerprint density at radius 3 is 0.971 bits per heavy atom. The maximum atomic E-state index is 13.7. The van der Waals surface area contributed by atoms with Crippen LogP contribution in [0, 0.1) is 14.8 Å². The van der Waals surface area contributed by atoms with Crippen LogP contribution in [0.15, 0.2) is 84.9 Å². The average molecular weight is 1430 g/mol. The SMILES string of the molecule is FC(F)(F)c1cc(-n2nnc(-c3cccc(-c4nnn([C@@H]5CCCC[C@H]5n5nnc(-c6cccc(-c7nnn(-c8cc(C(F)(F)F)cc(C(F)(F)F)c8)c7I)c6)c5I)c4I)c3)c2I)cc(C(F)(F)F)c1. The molecule has 0 aliphatic heterocycles. The number of alkyl halides is 12. The summed E-state index contributed by atoms with van der Waals surface area (Å²) in [5.41, 5.74) is -3.44. The molecule has 2 atom stereocenters. The molecule has 4 aromatic carbocycles. The summed E-state index contributed by atoms with van der Waals surface area (Å²) in [6.45, 7) is 0. The van der Waals surface area contributed by atoms with E-state index in [1.54, 1.807) is 93.7 Å². The first-order valence-corrected chi connectivity index (χ1v) is 24.4. The van der Waals surface area contributed by atoms with Crippen LogP contribution in [-0.4, -0.2) is 60.0 Å². The number of rotatable bonds is 8. The predicted octanol–water partition coefficient (Wildman–Crippen LogP) is 13.5. The highest BCUT2D eigenvalue weighted by Gasteiger charge is 2.40. The Labute approximate surface area is 440 Å². The molecule has 0 saturated heterocycles. The summed E-state index contributed by atoms with van der Waals surface area (Å²) in [5, 5.41) is 34.3. The Morgan fingerprint density at radius 1 is 0.386 bits per heavy atom. The first kappa shape index (κ1) is 50.5. The van der Waals surface area contributed by atoms with Gasteiger partial charge < -0.3 is 0 Å². The standard InChI is InChI=1S/C42H24F12I4N12/c43-39(44,45)23-13-24(40(46,47)48)16-27(15-23)67-35(55)31(59-63-67)19-5-3-7-21(11-19)33-37(57)69(65-61-33)29-9-1-2-10-30(29)70-38(58)34(62-66-70)22-8-4-6-20(12-22)32-36(56)68(64-60-32)28-17-25(41(49,50)51)14-26(18-28)42(52,53)54/h3-8,11-18,29-30H,1-2,9-10H2/t29-,30-/m1/s1. The fraction of sp³-hybridized carbons (Fsp3) is 0.238. The largest absolute Gasteiger partial charge is 0.416 e. The third kappa shape index (κ3) is 9.88. The maximum Gasteiger partial charge on any atom is 0.416 e. The summed E-state index contributed by atoms with van der Waals surface area (Å²) in [6.07, 6.45) is -17.1. The molecule has 0 spiro atoms. The van der Waals surface area contributed by atoms with E-state index in [0.29, 0.717) is 78.2 Å². The maximum absolute atomic E-state index is 13.7. The molecular formula is C42H24F12I4N12. The fourth-order valence-corrected chi connectivity index (χ4v) is 11.3. The molecule has 9 rings (SSSR count). The minimum absolute atomic E-state index is 0.0388. The molecule has 12 nitrogen and oxygen atoms in total. The summed E-state index contributed by atoms with van der Waals surface area (Å²) in [5.74, 6) is 0. The molecule has 0 amide bonds. The fourth-order valence-electron chi connectivity index (χ4n) is 7.98. The van der Waals surface area contributed by atoms with Gasteiger partial charge in [-0.05, 0) is 152 Å². The van der Waals surface area contributed by atoms with Gasteiger partial charge in [0.25, 0.3) is 0 Å². The van der Waals surface area contributed by atoms with Crippen LogP contribution in [0.3, 0.4) is 0 Å². The van der Waals surface area contributed by atoms with Gasteiger partial charge in [0.05, 0.1) is 45.7 Å². The Hall–Kier alpha value is -4.48. The predicted molar refractivity (Wildman–Crippen MR) is 259 cm³/mol. The molecule has 364 valence electrons. The minimum atomic E-state index is -5.06. The number of hydrogen-bond acceptors (Lipinski definition) is 8. The topological polar surface area (TPSA) is 123 Å². The Bertz CT molecular complexity index is 3000. The second-order valence-electron chi connectivity index (χ2n) is 15.7. The van der Waals surface area contributed by atoms with Gasteiger partial charge in [-0.1, -0.05) is 70.1 Å². The lowest BCUT2D eigenvalue weighted by atomic mass is 9.90. The van der Waals surface area contributed by atoms with Crippen LogP contribution in [0.2, 0.25) is 0 Å². The zero-order valence-electron chi connectivity index (χ0n) is 34.5. The molecule has 1 aliphatic rings. The summed E-state index contributed by atoms with van der Waals surface area (Å²) >= 11 is 7.83. The second-order valence-corrected chi connectivity index (χ2v) is 19.8. The van der Waals surface area contributed by atoms with Crippen molar-refractivity contribution >= 4 is 90.4 Å². The third-order valence-corrected chi connectivity index (χ3v) is 15.2. The van der Waals surface area contributed by atoms with E-state index in [1.165, 1.54) is 0 Å². The van der Waals surface area contributed by atoms with Gasteiger partial charge in [-0.3, -0.25) is 0 Å². The highest BCUT2D eigenvalue weighted by Crippen LogP contribution is 2.43. The van der Waals surface area contributed by atoms with Crippen LogP contribution in [0.4, 0.5) is 52.7 Å². The van der Waals surface area contributed by atoms with Crippen molar-refractivity contribution in [3.8, 4) is 56.4 Å². The van der Waals surface area contributed by atoms with Crippen molar-refractivity contribution in [1.82, 2.24) is 60.0 Å². The molecule has 1 aliphatic carbocycles. The van der Waals surface area contributed by atoms with Gasteiger partial charge in [-0.25, -0.2) is 18.7 Å². The molecule has 0 bridgehead atoms. The monoisotopic (exact) mass is 1430 g/mol. The lowest BCUT2D eigenvalue weighted by Crippen LogP contribution is -2.29. The van der Waals surface area contributed by atoms with Gasteiger partial charge >= 0.3 is 24.7 Å². The van der Waals surface area contributed by atoms with Crippen molar-refractivity contribution in [1.29, 1.82) is 0 Å². The van der Waals surface area contributed by atoms with Crippen molar-refractivity contribution in [2.45, 2.75) is 62.5 Å². The molecule has 0 radical (unpaired) electrons. The van der Waals surface area contributed by atoms with Gasteiger partial charge in [0.15, 0.2) is 0 Å². The van der Waals surface area contributed by atoms with E-state index in [-0.39, 0.29) is 43.0 Å². The number of halogens is 16. The van der Waals surface area contributed by atoms with Crippen LogP contribution < -0.4 is 0 Å². The van der Waals surface area contributed by atoms with Gasteiger partial charge in [-0.15, -0.1) is 20.4 Å². The van der Waals surface area contributed by atoms with Crippen molar-refractivity contribution in [3.63, 3.8) is 0 Å². The van der Waals surface area contributed by atoms with Crippen molar-refractivity contribution in [2.75, 3.05) is 0 Å². The first-order valence-electron chi connectivity index (χ1n) is 20.1. The molecular weight excluding hydrogens is 1410 g/mol. The van der Waals surface area contributed by atoms with Gasteiger partial charge in [0.1, 0.15) is 37.6 Å². The van der Waals surface area contributed by atoms with E-state index in [0.717, 1.165) is 22.2 Å². The number of benzene rings is 4. The molecule has 0 N–H and O–H groups in total. The van der Waals surface area contributed by atoms with E-state index in [9.17, 15) is 52.7 Å². The van der Waals surface area contributed by atoms with Crippen LogP contribution in [0.25, 0.3) is 56.4 Å². The Morgan fingerprint density at radius 2 is 0.671 bits per heavy atom. The molecule has 28 heteroatoms. The van der Waals surface area contributed by atoms with Crippen LogP contribution in [0.5, 0.6) is 0 Å². The van der Waals surface area contributed by atoms with Gasteiger partial charge in [0.2, 0.25) is 0 Å². The summed E-state index contributed by atoms with van der Waals surface area (Å²) in [6, 6.07) is 15.6. The molecule has 4 heterocycles. The van der Waals surface area contributed by atoms with E-state index in [4.69, 9.17) is 0 Å². The molecule has 4 aromatic heterocycles. The van der Waals surface area contributed by atoms with Crippen LogP contribution >= 0.6 is 90.4 Å². The smallest absolute Gasteiger partial charge is 0.233 e. The summed E-state index contributed by atoms with van der Waals surface area (Å²) < 4.78 is 171. The molecule has 0 unspecified atom stereocenters. The minimum Gasteiger partial charge on any atom is -0.233 e.